The van der Waals surface area contributed by atoms with Crippen molar-refractivity contribution in [2.24, 2.45) is 11.7 Å². The number of nitrogens with two attached hydrogens (primary N) is 1. The molecule has 0 spiro atoms. The fourth-order valence-electron chi connectivity index (χ4n) is 1.95. The Morgan fingerprint density at radius 2 is 1.95 bits per heavy atom. The molecule has 0 unspecified atom stereocenters. The average Bonchev–Trinajstić information content (AvgIpc) is 2.39. The van der Waals surface area contributed by atoms with E-state index in [9.17, 15) is 14.0 Å². The number of halogens is 1. The molecule has 0 aliphatic rings. The molecule has 0 aromatic heterocycles. The molecule has 1 aromatic carbocycles. The van der Waals surface area contributed by atoms with Crippen molar-refractivity contribution in [2.75, 3.05) is 0 Å². The van der Waals surface area contributed by atoms with Crippen molar-refractivity contribution in [3.8, 4) is 5.75 Å². The van der Waals surface area contributed by atoms with E-state index in [0.29, 0.717) is 18.3 Å². The van der Waals surface area contributed by atoms with E-state index in [-0.39, 0.29) is 23.1 Å². The van der Waals surface area contributed by atoms with Gasteiger partial charge in [0, 0.05) is 0 Å². The van der Waals surface area contributed by atoms with Gasteiger partial charge in [-0.05, 0) is 36.0 Å². The standard InChI is InChI=1S/C16H22FNO3/c1-9(2)5-14(18)16(20)21-15-12(8-19)6-11(10(3)4)7-13(15)17/h6-10,14H,5,18H2,1-4H3/t14-/m0/s1. The first-order valence-electron chi connectivity index (χ1n) is 7.02. The Morgan fingerprint density at radius 1 is 1.33 bits per heavy atom. The topological polar surface area (TPSA) is 69.4 Å². The predicted molar refractivity (Wildman–Crippen MR) is 78.9 cm³/mol. The molecule has 0 radical (unpaired) electrons. The third-order valence-electron chi connectivity index (χ3n) is 3.12. The lowest BCUT2D eigenvalue weighted by Gasteiger charge is -2.15. The molecule has 0 fully saturated rings. The number of hydrogen-bond donors (Lipinski definition) is 1. The van der Waals surface area contributed by atoms with Gasteiger partial charge in [-0.15, -0.1) is 0 Å². The molecular weight excluding hydrogens is 273 g/mol. The minimum Gasteiger partial charge on any atom is -0.421 e. The molecule has 4 nitrogen and oxygen atoms in total. The van der Waals surface area contributed by atoms with Gasteiger partial charge in [0.05, 0.1) is 5.56 Å². The zero-order chi connectivity index (χ0) is 16.2. The Bertz CT molecular complexity index is 526. The molecule has 116 valence electrons. The number of esters is 1. The summed E-state index contributed by atoms with van der Waals surface area (Å²) in [5.74, 6) is -1.53. The van der Waals surface area contributed by atoms with Crippen LogP contribution in [0.5, 0.6) is 5.75 Å². The number of hydrogen-bond acceptors (Lipinski definition) is 4. The highest BCUT2D eigenvalue weighted by Gasteiger charge is 2.22. The van der Waals surface area contributed by atoms with E-state index in [4.69, 9.17) is 10.5 Å². The highest BCUT2D eigenvalue weighted by Crippen LogP contribution is 2.27. The molecule has 1 rings (SSSR count). The van der Waals surface area contributed by atoms with Crippen molar-refractivity contribution in [2.45, 2.75) is 46.1 Å². The first kappa shape index (κ1) is 17.3. The molecule has 0 saturated carbocycles. The quantitative estimate of drug-likeness (QED) is 0.497. The lowest BCUT2D eigenvalue weighted by atomic mass is 10.00. The molecule has 0 amide bonds. The summed E-state index contributed by atoms with van der Waals surface area (Å²) in [5, 5.41) is 0. The van der Waals surface area contributed by atoms with Gasteiger partial charge in [-0.3, -0.25) is 4.79 Å². The smallest absolute Gasteiger partial charge is 0.328 e. The van der Waals surface area contributed by atoms with Gasteiger partial charge >= 0.3 is 5.97 Å². The summed E-state index contributed by atoms with van der Waals surface area (Å²) in [7, 11) is 0. The lowest BCUT2D eigenvalue weighted by molar-refractivity contribution is -0.136. The Kier molecular flexibility index (Phi) is 6.03. The van der Waals surface area contributed by atoms with Gasteiger partial charge in [-0.1, -0.05) is 27.7 Å². The molecule has 0 heterocycles. The van der Waals surface area contributed by atoms with Crippen molar-refractivity contribution >= 4 is 12.3 Å². The first-order valence-corrected chi connectivity index (χ1v) is 7.02. The van der Waals surface area contributed by atoms with Crippen LogP contribution in [-0.2, 0) is 4.79 Å². The monoisotopic (exact) mass is 295 g/mol. The maximum atomic E-state index is 14.1. The normalized spacial score (nSPS) is 12.6. The molecule has 0 bridgehead atoms. The molecule has 1 atom stereocenters. The molecule has 21 heavy (non-hydrogen) atoms. The molecule has 0 aliphatic heterocycles. The predicted octanol–water partition coefficient (Wildman–Crippen LogP) is 3.04. The molecule has 5 heteroatoms. The van der Waals surface area contributed by atoms with Crippen LogP contribution in [0.3, 0.4) is 0 Å². The van der Waals surface area contributed by atoms with Gasteiger partial charge < -0.3 is 10.5 Å². The average molecular weight is 295 g/mol. The van der Waals surface area contributed by atoms with E-state index in [2.05, 4.69) is 0 Å². The molecule has 0 aliphatic carbocycles. The second-order valence-corrected chi connectivity index (χ2v) is 5.85. The van der Waals surface area contributed by atoms with Crippen molar-refractivity contribution in [3.05, 3.63) is 29.1 Å². The Morgan fingerprint density at radius 3 is 2.43 bits per heavy atom. The van der Waals surface area contributed by atoms with E-state index in [1.807, 2.05) is 27.7 Å². The summed E-state index contributed by atoms with van der Waals surface area (Å²) < 4.78 is 19.1. The van der Waals surface area contributed by atoms with Crippen LogP contribution in [0.1, 0.15) is 56.0 Å². The second kappa shape index (κ2) is 7.31. The van der Waals surface area contributed by atoms with Gasteiger partial charge in [-0.25, -0.2) is 9.18 Å². The third kappa shape index (κ3) is 4.63. The van der Waals surface area contributed by atoms with Crippen LogP contribution in [0.2, 0.25) is 0 Å². The fraction of sp³-hybridized carbons (Fsp3) is 0.500. The van der Waals surface area contributed by atoms with Crippen molar-refractivity contribution < 1.29 is 18.7 Å². The zero-order valence-corrected chi connectivity index (χ0v) is 12.9. The summed E-state index contributed by atoms with van der Waals surface area (Å²) in [6.07, 6.45) is 0.909. The summed E-state index contributed by atoms with van der Waals surface area (Å²) >= 11 is 0. The zero-order valence-electron chi connectivity index (χ0n) is 12.9. The number of benzene rings is 1. The minimum atomic E-state index is -0.839. The SMILES string of the molecule is CC(C)C[C@H](N)C(=O)Oc1c(F)cc(C(C)C)cc1C=O. The van der Waals surface area contributed by atoms with E-state index < -0.39 is 17.8 Å². The van der Waals surface area contributed by atoms with Crippen LogP contribution in [-0.4, -0.2) is 18.3 Å². The largest absolute Gasteiger partial charge is 0.421 e. The lowest BCUT2D eigenvalue weighted by Crippen LogP contribution is -2.35. The van der Waals surface area contributed by atoms with Crippen molar-refractivity contribution in [3.63, 3.8) is 0 Å². The van der Waals surface area contributed by atoms with Crippen LogP contribution in [0.25, 0.3) is 0 Å². The number of aldehydes is 1. The van der Waals surface area contributed by atoms with E-state index >= 15 is 0 Å². The van der Waals surface area contributed by atoms with E-state index in [1.54, 1.807) is 0 Å². The van der Waals surface area contributed by atoms with Crippen LogP contribution in [0, 0.1) is 11.7 Å². The van der Waals surface area contributed by atoms with Crippen LogP contribution >= 0.6 is 0 Å². The summed E-state index contributed by atoms with van der Waals surface area (Å²) in [6.45, 7) is 7.60. The van der Waals surface area contributed by atoms with Crippen LogP contribution in [0.15, 0.2) is 12.1 Å². The molecule has 0 saturated heterocycles. The summed E-state index contributed by atoms with van der Waals surface area (Å²) in [5.41, 5.74) is 6.39. The Labute approximate surface area is 124 Å². The maximum absolute atomic E-state index is 14.1. The van der Waals surface area contributed by atoms with Crippen LogP contribution in [0.4, 0.5) is 4.39 Å². The summed E-state index contributed by atoms with van der Waals surface area (Å²) in [6, 6.07) is 1.96. The first-order chi connectivity index (χ1) is 9.76. The second-order valence-electron chi connectivity index (χ2n) is 5.85. The van der Waals surface area contributed by atoms with Gasteiger partial charge in [-0.2, -0.15) is 0 Å². The highest BCUT2D eigenvalue weighted by molar-refractivity contribution is 5.84. The van der Waals surface area contributed by atoms with E-state index in [0.717, 1.165) is 0 Å². The number of ether oxygens (including phenoxy) is 1. The Hall–Kier alpha value is -1.75. The number of carbonyl (C=O) groups excluding carboxylic acids is 2. The number of carbonyl (C=O) groups is 2. The van der Waals surface area contributed by atoms with Gasteiger partial charge in [0.1, 0.15) is 6.04 Å². The number of rotatable bonds is 6. The fourth-order valence-corrected chi connectivity index (χ4v) is 1.95. The maximum Gasteiger partial charge on any atom is 0.328 e. The third-order valence-corrected chi connectivity index (χ3v) is 3.12. The minimum absolute atomic E-state index is 0.0174. The van der Waals surface area contributed by atoms with Crippen molar-refractivity contribution in [1.29, 1.82) is 0 Å². The molecule has 2 N–H and O–H groups in total. The van der Waals surface area contributed by atoms with E-state index in [1.165, 1.54) is 12.1 Å². The highest BCUT2D eigenvalue weighted by atomic mass is 19.1. The molecular formula is C16H22FNO3. The molecule has 1 aromatic rings. The van der Waals surface area contributed by atoms with Gasteiger partial charge in [0.15, 0.2) is 17.9 Å². The van der Waals surface area contributed by atoms with Crippen LogP contribution < -0.4 is 10.5 Å². The van der Waals surface area contributed by atoms with Gasteiger partial charge in [0.2, 0.25) is 0 Å². The van der Waals surface area contributed by atoms with Gasteiger partial charge in [0.25, 0.3) is 0 Å². The van der Waals surface area contributed by atoms with Crippen molar-refractivity contribution in [1.82, 2.24) is 0 Å². The Balaban J connectivity index is 3.03. The summed E-state index contributed by atoms with van der Waals surface area (Å²) in [4.78, 5) is 23.0.